The Morgan fingerprint density at radius 3 is 2.53 bits per heavy atom. The third-order valence-electron chi connectivity index (χ3n) is 6.80. The van der Waals surface area contributed by atoms with Crippen LogP contribution < -0.4 is 0 Å². The van der Waals surface area contributed by atoms with Gasteiger partial charge in [0.2, 0.25) is 0 Å². The van der Waals surface area contributed by atoms with E-state index in [1.54, 1.807) is 16.6 Å². The topological polar surface area (TPSA) is 55.4 Å². The first-order valence-electron chi connectivity index (χ1n) is 11.3. The lowest BCUT2D eigenvalue weighted by molar-refractivity contribution is 0.0733. The van der Waals surface area contributed by atoms with E-state index in [1.165, 1.54) is 0 Å². The van der Waals surface area contributed by atoms with E-state index < -0.39 is 17.5 Å². The molecule has 1 fully saturated rings. The number of carbonyl (C=O) groups is 1. The molecule has 1 saturated carbocycles. The molecule has 0 spiro atoms. The second-order valence-corrected chi connectivity index (χ2v) is 9.13. The van der Waals surface area contributed by atoms with Gasteiger partial charge in [0.05, 0.1) is 34.7 Å². The minimum absolute atomic E-state index is 0.0841. The van der Waals surface area contributed by atoms with E-state index in [0.717, 1.165) is 47.4 Å². The van der Waals surface area contributed by atoms with Crippen molar-refractivity contribution in [2.75, 3.05) is 6.54 Å². The fourth-order valence-electron chi connectivity index (χ4n) is 4.99. The number of pyridine rings is 1. The normalized spacial score (nSPS) is 15.7. The Morgan fingerprint density at radius 1 is 1.09 bits per heavy atom. The van der Waals surface area contributed by atoms with E-state index in [2.05, 4.69) is 5.10 Å². The van der Waals surface area contributed by atoms with Crippen LogP contribution in [0.5, 0.6) is 0 Å². The third kappa shape index (κ3) is 3.13. The van der Waals surface area contributed by atoms with Crippen molar-refractivity contribution in [2.45, 2.75) is 38.6 Å². The molecule has 0 atom stereocenters. The molecule has 6 nitrogen and oxygen atoms in total. The van der Waals surface area contributed by atoms with Gasteiger partial charge in [-0.05, 0) is 50.5 Å². The molecule has 3 aromatic heterocycles. The van der Waals surface area contributed by atoms with Crippen molar-refractivity contribution < 1.29 is 18.0 Å². The van der Waals surface area contributed by atoms with Gasteiger partial charge in [-0.15, -0.1) is 0 Å². The number of benzene rings is 1. The smallest absolute Gasteiger partial charge is 0.258 e. The van der Waals surface area contributed by atoms with Crippen molar-refractivity contribution in [3.8, 4) is 11.3 Å². The summed E-state index contributed by atoms with van der Waals surface area (Å²) < 4.78 is 44.6. The van der Waals surface area contributed by atoms with Gasteiger partial charge in [-0.3, -0.25) is 9.48 Å². The fraction of sp³-hybridized carbons (Fsp3) is 0.320. The minimum atomic E-state index is -1.49. The van der Waals surface area contributed by atoms with E-state index in [1.807, 2.05) is 29.6 Å². The summed E-state index contributed by atoms with van der Waals surface area (Å²) in [6.07, 6.45) is 2.53. The molecule has 4 aromatic rings. The molecule has 174 valence electrons. The SMILES string of the molecule is Cc1cccc2c(C(=O)N3CCc4c(nn(C)c4-c4cc(F)c(F)c(F)c4)C3)c(C3CC3)nn12. The first kappa shape index (κ1) is 20.9. The van der Waals surface area contributed by atoms with E-state index >= 15 is 0 Å². The van der Waals surface area contributed by atoms with Crippen LogP contribution >= 0.6 is 0 Å². The average Bonchev–Trinajstić information content (AvgIpc) is 3.49. The molecule has 34 heavy (non-hydrogen) atoms. The highest BCUT2D eigenvalue weighted by Crippen LogP contribution is 2.42. The van der Waals surface area contributed by atoms with Gasteiger partial charge in [-0.25, -0.2) is 17.7 Å². The maximum atomic E-state index is 13.9. The molecule has 2 aliphatic rings. The Morgan fingerprint density at radius 2 is 1.82 bits per heavy atom. The minimum Gasteiger partial charge on any atom is -0.332 e. The molecule has 1 aliphatic heterocycles. The quantitative estimate of drug-likeness (QED) is 0.418. The zero-order valence-corrected chi connectivity index (χ0v) is 18.8. The summed E-state index contributed by atoms with van der Waals surface area (Å²) in [5.41, 5.74) is 5.51. The zero-order valence-electron chi connectivity index (χ0n) is 18.8. The van der Waals surface area contributed by atoms with Gasteiger partial charge in [-0.1, -0.05) is 6.07 Å². The molecule has 9 heteroatoms. The number of amides is 1. The number of fused-ring (bicyclic) bond motifs is 2. The fourth-order valence-corrected chi connectivity index (χ4v) is 4.99. The van der Waals surface area contributed by atoms with Crippen molar-refractivity contribution in [2.24, 2.45) is 7.05 Å². The highest BCUT2D eigenvalue weighted by molar-refractivity contribution is 6.02. The molecule has 0 saturated heterocycles. The molecule has 1 aliphatic carbocycles. The number of hydrogen-bond acceptors (Lipinski definition) is 3. The van der Waals surface area contributed by atoms with Gasteiger partial charge in [0.25, 0.3) is 5.91 Å². The summed E-state index contributed by atoms with van der Waals surface area (Å²) in [4.78, 5) is 15.5. The summed E-state index contributed by atoms with van der Waals surface area (Å²) in [6.45, 7) is 2.68. The standard InChI is InChI=1S/C25H22F3N5O/c1-13-4-3-5-20-21(23(14-6-7-14)30-33(13)20)25(34)32-9-8-16-19(12-32)29-31(2)24(16)15-10-17(26)22(28)18(27)11-15/h3-5,10-11,14H,6-9,12H2,1-2H3. The third-order valence-corrected chi connectivity index (χ3v) is 6.80. The van der Waals surface area contributed by atoms with Crippen LogP contribution in [0.15, 0.2) is 30.3 Å². The van der Waals surface area contributed by atoms with Crippen molar-refractivity contribution in [1.82, 2.24) is 24.3 Å². The summed E-state index contributed by atoms with van der Waals surface area (Å²) in [5, 5.41) is 9.30. The van der Waals surface area contributed by atoms with Crippen LogP contribution in [-0.4, -0.2) is 36.7 Å². The van der Waals surface area contributed by atoms with E-state index in [9.17, 15) is 18.0 Å². The Labute approximate surface area is 193 Å². The van der Waals surface area contributed by atoms with Gasteiger partial charge in [-0.2, -0.15) is 10.2 Å². The number of hydrogen-bond donors (Lipinski definition) is 0. The van der Waals surface area contributed by atoms with Gasteiger partial charge >= 0.3 is 0 Å². The highest BCUT2D eigenvalue weighted by Gasteiger charge is 2.36. The van der Waals surface area contributed by atoms with E-state index in [4.69, 9.17) is 5.10 Å². The largest absolute Gasteiger partial charge is 0.332 e. The second-order valence-electron chi connectivity index (χ2n) is 9.13. The van der Waals surface area contributed by atoms with Crippen LogP contribution in [0.25, 0.3) is 16.8 Å². The number of nitrogens with zero attached hydrogens (tertiary/aromatic N) is 5. The van der Waals surface area contributed by atoms with Crippen molar-refractivity contribution in [3.05, 3.63) is 76.0 Å². The number of aryl methyl sites for hydroxylation is 2. The molecule has 1 aromatic carbocycles. The summed E-state index contributed by atoms with van der Waals surface area (Å²) >= 11 is 0. The summed E-state index contributed by atoms with van der Waals surface area (Å²) in [7, 11) is 1.68. The molecular weight excluding hydrogens is 443 g/mol. The van der Waals surface area contributed by atoms with Gasteiger partial charge in [0.15, 0.2) is 17.5 Å². The number of halogens is 3. The summed E-state index contributed by atoms with van der Waals surface area (Å²) in [5.74, 6) is -3.75. The van der Waals surface area contributed by atoms with Crippen LogP contribution in [0.1, 0.15) is 51.8 Å². The lowest BCUT2D eigenvalue weighted by Gasteiger charge is -2.27. The monoisotopic (exact) mass is 465 g/mol. The Balaban J connectivity index is 1.37. The van der Waals surface area contributed by atoms with Gasteiger partial charge < -0.3 is 4.90 Å². The zero-order chi connectivity index (χ0) is 23.7. The lowest BCUT2D eigenvalue weighted by atomic mass is 9.98. The number of aromatic nitrogens is 4. The van der Waals surface area contributed by atoms with E-state index in [0.29, 0.717) is 35.8 Å². The molecular formula is C25H22F3N5O. The first-order valence-corrected chi connectivity index (χ1v) is 11.3. The van der Waals surface area contributed by atoms with Gasteiger partial charge in [0.1, 0.15) is 0 Å². The first-order chi connectivity index (χ1) is 16.3. The Bertz CT molecular complexity index is 1460. The van der Waals surface area contributed by atoms with Crippen molar-refractivity contribution in [1.29, 1.82) is 0 Å². The Kier molecular flexibility index (Phi) is 4.59. The highest BCUT2D eigenvalue weighted by atomic mass is 19.2. The van der Waals surface area contributed by atoms with Crippen LogP contribution in [0.4, 0.5) is 13.2 Å². The molecule has 4 heterocycles. The summed E-state index contributed by atoms with van der Waals surface area (Å²) in [6, 6.07) is 7.78. The van der Waals surface area contributed by atoms with Crippen LogP contribution in [-0.2, 0) is 20.0 Å². The molecule has 6 rings (SSSR count). The predicted octanol–water partition coefficient (Wildman–Crippen LogP) is 4.54. The van der Waals surface area contributed by atoms with Crippen LogP contribution in [0.3, 0.4) is 0 Å². The second kappa shape index (κ2) is 7.44. The maximum absolute atomic E-state index is 13.9. The number of carbonyl (C=O) groups excluding carboxylic acids is 1. The molecule has 0 N–H and O–H groups in total. The lowest BCUT2D eigenvalue weighted by Crippen LogP contribution is -2.36. The molecule has 0 unspecified atom stereocenters. The molecule has 0 radical (unpaired) electrons. The average molecular weight is 465 g/mol. The Hall–Kier alpha value is -3.62. The van der Waals surface area contributed by atoms with Crippen LogP contribution in [0.2, 0.25) is 0 Å². The predicted molar refractivity (Wildman–Crippen MR) is 119 cm³/mol. The maximum Gasteiger partial charge on any atom is 0.258 e. The van der Waals surface area contributed by atoms with Gasteiger partial charge in [0, 0.05) is 36.3 Å². The molecule has 1 amide bonds. The van der Waals surface area contributed by atoms with Crippen molar-refractivity contribution >= 4 is 11.4 Å². The van der Waals surface area contributed by atoms with E-state index in [-0.39, 0.29) is 18.0 Å². The molecule has 0 bridgehead atoms. The van der Waals surface area contributed by atoms with Crippen molar-refractivity contribution in [3.63, 3.8) is 0 Å². The van der Waals surface area contributed by atoms with Crippen LogP contribution in [0, 0.1) is 24.4 Å². The number of rotatable bonds is 3.